The Morgan fingerprint density at radius 3 is 3.14 bits per heavy atom. The number of hydrogen-bond acceptors (Lipinski definition) is 3. The molecule has 0 bridgehead atoms. The van der Waals surface area contributed by atoms with E-state index in [1.54, 1.807) is 0 Å². The van der Waals surface area contributed by atoms with Gasteiger partial charge in [0.2, 0.25) is 0 Å². The van der Waals surface area contributed by atoms with E-state index in [-0.39, 0.29) is 12.6 Å². The van der Waals surface area contributed by atoms with Crippen LogP contribution in [0, 0.1) is 11.3 Å². The van der Waals surface area contributed by atoms with Gasteiger partial charge in [-0.1, -0.05) is 6.07 Å². The number of nitrogens with zero attached hydrogens (tertiary/aromatic N) is 1. The van der Waals surface area contributed by atoms with Crippen molar-refractivity contribution >= 4 is 5.69 Å². The van der Waals surface area contributed by atoms with Gasteiger partial charge in [-0.05, 0) is 30.5 Å². The third kappa shape index (κ3) is 1.45. The third-order valence-corrected chi connectivity index (χ3v) is 2.62. The summed E-state index contributed by atoms with van der Waals surface area (Å²) < 4.78 is 0. The highest BCUT2D eigenvalue weighted by Crippen LogP contribution is 2.27. The Hall–Kier alpha value is -1.53. The van der Waals surface area contributed by atoms with Gasteiger partial charge >= 0.3 is 0 Å². The fourth-order valence-corrected chi connectivity index (χ4v) is 1.84. The molecule has 0 aliphatic carbocycles. The van der Waals surface area contributed by atoms with E-state index in [0.29, 0.717) is 0 Å². The SMILES string of the molecule is N#Cc1cccc2c1CC[C@H](CO)N2. The van der Waals surface area contributed by atoms with Crippen molar-refractivity contribution < 1.29 is 5.11 Å². The lowest BCUT2D eigenvalue weighted by Crippen LogP contribution is -2.29. The highest BCUT2D eigenvalue weighted by atomic mass is 16.3. The molecule has 1 aromatic carbocycles. The molecule has 72 valence electrons. The van der Waals surface area contributed by atoms with Crippen LogP contribution in [0.4, 0.5) is 5.69 Å². The van der Waals surface area contributed by atoms with Crippen LogP contribution in [0.2, 0.25) is 0 Å². The molecule has 0 saturated carbocycles. The summed E-state index contributed by atoms with van der Waals surface area (Å²) in [5, 5.41) is 21.1. The number of aliphatic hydroxyl groups is 1. The Bertz CT molecular complexity index is 381. The second kappa shape index (κ2) is 3.69. The monoisotopic (exact) mass is 188 g/mol. The quantitative estimate of drug-likeness (QED) is 0.698. The van der Waals surface area contributed by atoms with E-state index < -0.39 is 0 Å². The van der Waals surface area contributed by atoms with Crippen LogP contribution in [0.3, 0.4) is 0 Å². The van der Waals surface area contributed by atoms with Crippen molar-refractivity contribution in [3.63, 3.8) is 0 Å². The van der Waals surface area contributed by atoms with Crippen LogP contribution in [0.5, 0.6) is 0 Å². The molecule has 1 aromatic rings. The van der Waals surface area contributed by atoms with Crippen molar-refractivity contribution in [1.29, 1.82) is 5.26 Å². The highest BCUT2D eigenvalue weighted by Gasteiger charge is 2.18. The smallest absolute Gasteiger partial charge is 0.0995 e. The topological polar surface area (TPSA) is 56.0 Å². The molecule has 2 N–H and O–H groups in total. The van der Waals surface area contributed by atoms with Crippen molar-refractivity contribution in [3.8, 4) is 6.07 Å². The molecular weight excluding hydrogens is 176 g/mol. The number of nitriles is 1. The summed E-state index contributed by atoms with van der Waals surface area (Å²) in [5.74, 6) is 0. The zero-order valence-corrected chi connectivity index (χ0v) is 7.83. The summed E-state index contributed by atoms with van der Waals surface area (Å²) in [6.07, 6.45) is 1.76. The van der Waals surface area contributed by atoms with Gasteiger partial charge in [-0.15, -0.1) is 0 Å². The maximum Gasteiger partial charge on any atom is 0.0995 e. The second-order valence-electron chi connectivity index (χ2n) is 3.51. The van der Waals surface area contributed by atoms with Crippen molar-refractivity contribution in [3.05, 3.63) is 29.3 Å². The number of aliphatic hydroxyl groups excluding tert-OH is 1. The molecule has 1 heterocycles. The zero-order valence-electron chi connectivity index (χ0n) is 7.83. The first kappa shape index (κ1) is 9.04. The Morgan fingerprint density at radius 1 is 1.57 bits per heavy atom. The number of anilines is 1. The van der Waals surface area contributed by atoms with E-state index in [9.17, 15) is 0 Å². The maximum absolute atomic E-state index is 9.02. The molecule has 0 amide bonds. The Balaban J connectivity index is 2.36. The molecule has 0 saturated heterocycles. The van der Waals surface area contributed by atoms with Gasteiger partial charge in [0.25, 0.3) is 0 Å². The van der Waals surface area contributed by atoms with Gasteiger partial charge < -0.3 is 10.4 Å². The van der Waals surface area contributed by atoms with Crippen LogP contribution in [0.25, 0.3) is 0 Å². The summed E-state index contributed by atoms with van der Waals surface area (Å²) >= 11 is 0. The third-order valence-electron chi connectivity index (χ3n) is 2.62. The van der Waals surface area contributed by atoms with Crippen molar-refractivity contribution in [2.24, 2.45) is 0 Å². The fourth-order valence-electron chi connectivity index (χ4n) is 1.84. The summed E-state index contributed by atoms with van der Waals surface area (Å²) in [6, 6.07) is 7.98. The standard InChI is InChI=1S/C11H12N2O/c12-6-8-2-1-3-11-10(8)5-4-9(7-14)13-11/h1-3,9,13-14H,4-5,7H2/t9-/m1/s1. The largest absolute Gasteiger partial charge is 0.394 e. The van der Waals surface area contributed by atoms with Gasteiger partial charge in [-0.25, -0.2) is 0 Å². The van der Waals surface area contributed by atoms with Gasteiger partial charge in [0.15, 0.2) is 0 Å². The van der Waals surface area contributed by atoms with Crippen LogP contribution < -0.4 is 5.32 Å². The summed E-state index contributed by atoms with van der Waals surface area (Å²) in [4.78, 5) is 0. The van der Waals surface area contributed by atoms with E-state index in [0.717, 1.165) is 29.7 Å². The van der Waals surface area contributed by atoms with Gasteiger partial charge in [0, 0.05) is 11.7 Å². The summed E-state index contributed by atoms with van der Waals surface area (Å²) in [5.41, 5.74) is 2.82. The molecule has 0 spiro atoms. The number of benzene rings is 1. The van der Waals surface area contributed by atoms with E-state index in [4.69, 9.17) is 10.4 Å². The predicted molar refractivity (Wildman–Crippen MR) is 54.0 cm³/mol. The van der Waals surface area contributed by atoms with Gasteiger partial charge in [0.05, 0.1) is 18.2 Å². The Kier molecular flexibility index (Phi) is 2.38. The molecule has 0 fully saturated rings. The number of fused-ring (bicyclic) bond motifs is 1. The summed E-state index contributed by atoms with van der Waals surface area (Å²) in [7, 11) is 0. The number of hydrogen-bond donors (Lipinski definition) is 2. The van der Waals surface area contributed by atoms with E-state index in [1.165, 1.54) is 0 Å². The molecule has 1 aliphatic rings. The lowest BCUT2D eigenvalue weighted by Gasteiger charge is -2.25. The van der Waals surface area contributed by atoms with Crippen LogP contribution in [0.15, 0.2) is 18.2 Å². The van der Waals surface area contributed by atoms with E-state index >= 15 is 0 Å². The Labute approximate surface area is 83.0 Å². The van der Waals surface area contributed by atoms with Crippen LogP contribution in [-0.4, -0.2) is 17.8 Å². The van der Waals surface area contributed by atoms with Crippen LogP contribution >= 0.6 is 0 Å². The molecule has 2 rings (SSSR count). The maximum atomic E-state index is 9.02. The lowest BCUT2D eigenvalue weighted by molar-refractivity contribution is 0.267. The number of nitrogens with one attached hydrogen (secondary N) is 1. The average molecular weight is 188 g/mol. The highest BCUT2D eigenvalue weighted by molar-refractivity contribution is 5.60. The minimum atomic E-state index is 0.136. The van der Waals surface area contributed by atoms with Crippen molar-refractivity contribution in [1.82, 2.24) is 0 Å². The molecule has 14 heavy (non-hydrogen) atoms. The van der Waals surface area contributed by atoms with Gasteiger partial charge in [-0.3, -0.25) is 0 Å². The molecular formula is C11H12N2O. The van der Waals surface area contributed by atoms with Crippen LogP contribution in [0.1, 0.15) is 17.5 Å². The molecule has 1 aliphatic heterocycles. The minimum Gasteiger partial charge on any atom is -0.394 e. The van der Waals surface area contributed by atoms with Crippen LogP contribution in [-0.2, 0) is 6.42 Å². The Morgan fingerprint density at radius 2 is 2.43 bits per heavy atom. The van der Waals surface area contributed by atoms with E-state index in [1.807, 2.05) is 18.2 Å². The first-order valence-electron chi connectivity index (χ1n) is 4.74. The molecule has 3 heteroatoms. The molecule has 1 atom stereocenters. The minimum absolute atomic E-state index is 0.136. The van der Waals surface area contributed by atoms with E-state index in [2.05, 4.69) is 11.4 Å². The second-order valence-corrected chi connectivity index (χ2v) is 3.51. The van der Waals surface area contributed by atoms with Crippen molar-refractivity contribution in [2.75, 3.05) is 11.9 Å². The fraction of sp³-hybridized carbons (Fsp3) is 0.364. The van der Waals surface area contributed by atoms with Crippen molar-refractivity contribution in [2.45, 2.75) is 18.9 Å². The normalized spacial score (nSPS) is 19.3. The summed E-state index contributed by atoms with van der Waals surface area (Å²) in [6.45, 7) is 0.149. The molecule has 0 aromatic heterocycles. The number of rotatable bonds is 1. The predicted octanol–water partition coefficient (Wildman–Crippen LogP) is 1.28. The van der Waals surface area contributed by atoms with Gasteiger partial charge in [0.1, 0.15) is 0 Å². The average Bonchev–Trinajstić information content (AvgIpc) is 2.27. The first-order chi connectivity index (χ1) is 6.85. The lowest BCUT2D eigenvalue weighted by atomic mass is 9.95. The first-order valence-corrected chi connectivity index (χ1v) is 4.74. The molecule has 0 radical (unpaired) electrons. The van der Waals surface area contributed by atoms with Gasteiger partial charge in [-0.2, -0.15) is 5.26 Å². The molecule has 0 unspecified atom stereocenters. The zero-order chi connectivity index (χ0) is 9.97. The molecule has 3 nitrogen and oxygen atoms in total.